The van der Waals surface area contributed by atoms with Crippen molar-refractivity contribution >= 4 is 17.3 Å². The van der Waals surface area contributed by atoms with E-state index in [1.54, 1.807) is 11.3 Å². The second-order valence-corrected chi connectivity index (χ2v) is 5.16. The molecule has 0 aromatic carbocycles. The van der Waals surface area contributed by atoms with Crippen molar-refractivity contribution in [2.45, 2.75) is 19.4 Å². The fraction of sp³-hybridized carbons (Fsp3) is 0.455. The first-order valence-corrected chi connectivity index (χ1v) is 6.62. The van der Waals surface area contributed by atoms with Crippen LogP contribution in [0.5, 0.6) is 0 Å². The van der Waals surface area contributed by atoms with Crippen LogP contribution in [-0.4, -0.2) is 27.9 Å². The number of fused-ring (bicyclic) bond motifs is 1. The predicted molar refractivity (Wildman–Crippen MR) is 69.3 cm³/mol. The summed E-state index contributed by atoms with van der Waals surface area (Å²) in [7, 11) is 0. The molecule has 0 radical (unpaired) electrons. The van der Waals surface area contributed by atoms with Crippen molar-refractivity contribution in [1.82, 2.24) is 14.8 Å². The number of anilines is 1. The largest absolute Gasteiger partial charge is 0.354 e. The number of hydrogen-bond acceptors (Lipinski definition) is 5. The lowest BCUT2D eigenvalue weighted by atomic mass is 10.2. The average Bonchev–Trinajstić information content (AvgIpc) is 2.93. The number of aromatic nitrogens is 3. The summed E-state index contributed by atoms with van der Waals surface area (Å²) in [5.41, 5.74) is 6.99. The Morgan fingerprint density at radius 2 is 2.53 bits per heavy atom. The summed E-state index contributed by atoms with van der Waals surface area (Å²) in [6, 6.07) is 2.36. The van der Waals surface area contributed by atoms with Crippen LogP contribution < -0.4 is 11.1 Å². The monoisotopic (exact) mass is 249 g/mol. The molecule has 5 nitrogen and oxygen atoms in total. The summed E-state index contributed by atoms with van der Waals surface area (Å²) >= 11 is 1.68. The van der Waals surface area contributed by atoms with Crippen molar-refractivity contribution in [3.63, 3.8) is 0 Å². The van der Waals surface area contributed by atoms with E-state index in [4.69, 9.17) is 5.73 Å². The van der Waals surface area contributed by atoms with E-state index in [0.29, 0.717) is 6.54 Å². The maximum atomic E-state index is 5.76. The highest BCUT2D eigenvalue weighted by Gasteiger charge is 2.22. The van der Waals surface area contributed by atoms with Gasteiger partial charge in [-0.2, -0.15) is 4.98 Å². The number of nitrogens with one attached hydrogen (secondary N) is 1. The first-order chi connectivity index (χ1) is 8.29. The van der Waals surface area contributed by atoms with E-state index in [1.807, 2.05) is 4.68 Å². The zero-order valence-corrected chi connectivity index (χ0v) is 10.5. The molecule has 0 amide bonds. The third-order valence-electron chi connectivity index (χ3n) is 3.08. The number of nitrogens with two attached hydrogens (primary N) is 1. The molecule has 2 aromatic rings. The van der Waals surface area contributed by atoms with Crippen LogP contribution in [0.15, 0.2) is 11.4 Å². The van der Waals surface area contributed by atoms with Crippen LogP contribution in [-0.2, 0) is 0 Å². The molecule has 3 rings (SSSR count). The van der Waals surface area contributed by atoms with Crippen LogP contribution in [0.3, 0.4) is 0 Å². The first-order valence-electron chi connectivity index (χ1n) is 5.74. The second-order valence-electron chi connectivity index (χ2n) is 4.24. The van der Waals surface area contributed by atoms with Crippen molar-refractivity contribution in [1.29, 1.82) is 0 Å². The van der Waals surface area contributed by atoms with Gasteiger partial charge in [0.1, 0.15) is 0 Å². The van der Waals surface area contributed by atoms with Gasteiger partial charge in [0.15, 0.2) is 5.82 Å². The number of hydrogen-bond donors (Lipinski definition) is 2. The molecule has 1 atom stereocenters. The Morgan fingerprint density at radius 1 is 1.65 bits per heavy atom. The Bertz CT molecular complexity index is 530. The molecule has 0 saturated heterocycles. The summed E-state index contributed by atoms with van der Waals surface area (Å²) in [5, 5.41) is 9.91. The quantitative estimate of drug-likeness (QED) is 0.848. The minimum absolute atomic E-state index is 0.271. The third-order valence-corrected chi connectivity index (χ3v) is 4.09. The fourth-order valence-corrected chi connectivity index (χ4v) is 2.94. The molecular weight excluding hydrogens is 234 g/mol. The summed E-state index contributed by atoms with van der Waals surface area (Å²) < 4.78 is 1.93. The number of nitrogens with zero attached hydrogens (tertiary/aromatic N) is 3. The Labute approximate surface area is 104 Å². The van der Waals surface area contributed by atoms with Gasteiger partial charge < -0.3 is 11.1 Å². The van der Waals surface area contributed by atoms with E-state index >= 15 is 0 Å². The first kappa shape index (κ1) is 10.7. The molecule has 0 fully saturated rings. The van der Waals surface area contributed by atoms with Gasteiger partial charge in [-0.05, 0) is 30.4 Å². The number of aryl methyl sites for hydroxylation is 1. The van der Waals surface area contributed by atoms with Gasteiger partial charge in [0.2, 0.25) is 5.95 Å². The average molecular weight is 249 g/mol. The van der Waals surface area contributed by atoms with Crippen LogP contribution in [0.1, 0.15) is 18.0 Å². The van der Waals surface area contributed by atoms with Crippen molar-refractivity contribution in [2.75, 3.05) is 18.4 Å². The van der Waals surface area contributed by atoms with E-state index in [9.17, 15) is 0 Å². The second kappa shape index (κ2) is 4.12. The Balaban J connectivity index is 2.04. The third kappa shape index (κ3) is 1.73. The maximum absolute atomic E-state index is 5.76. The molecule has 3 heterocycles. The normalized spacial score (nSPS) is 18.8. The molecule has 0 bridgehead atoms. The molecule has 1 aliphatic heterocycles. The Morgan fingerprint density at radius 3 is 3.24 bits per heavy atom. The van der Waals surface area contributed by atoms with Crippen molar-refractivity contribution in [2.24, 2.45) is 5.73 Å². The van der Waals surface area contributed by atoms with Gasteiger partial charge in [-0.3, -0.25) is 0 Å². The van der Waals surface area contributed by atoms with E-state index in [-0.39, 0.29) is 6.04 Å². The van der Waals surface area contributed by atoms with Crippen LogP contribution in [0.4, 0.5) is 5.95 Å². The Kier molecular flexibility index (Phi) is 2.60. The topological polar surface area (TPSA) is 68.8 Å². The zero-order chi connectivity index (χ0) is 11.8. The van der Waals surface area contributed by atoms with Crippen molar-refractivity contribution in [3.8, 4) is 10.7 Å². The molecule has 90 valence electrons. The molecule has 0 spiro atoms. The SMILES string of the molecule is Cc1ccsc1-c1nc2n(n1)C(CN)CCN2. The van der Waals surface area contributed by atoms with Gasteiger partial charge in [-0.25, -0.2) is 4.68 Å². The van der Waals surface area contributed by atoms with Gasteiger partial charge in [-0.1, -0.05) is 0 Å². The van der Waals surface area contributed by atoms with Crippen LogP contribution in [0.25, 0.3) is 10.7 Å². The van der Waals surface area contributed by atoms with Gasteiger partial charge >= 0.3 is 0 Å². The van der Waals surface area contributed by atoms with Gasteiger partial charge in [0.05, 0.1) is 10.9 Å². The van der Waals surface area contributed by atoms with Crippen LogP contribution in [0.2, 0.25) is 0 Å². The van der Waals surface area contributed by atoms with Crippen LogP contribution >= 0.6 is 11.3 Å². The minimum atomic E-state index is 0.271. The van der Waals surface area contributed by atoms with E-state index in [0.717, 1.165) is 29.6 Å². The summed E-state index contributed by atoms with van der Waals surface area (Å²) in [6.45, 7) is 3.62. The maximum Gasteiger partial charge on any atom is 0.222 e. The van der Waals surface area contributed by atoms with Crippen LogP contribution in [0, 0.1) is 6.92 Å². The van der Waals surface area contributed by atoms with Crippen molar-refractivity contribution in [3.05, 3.63) is 17.0 Å². The zero-order valence-electron chi connectivity index (χ0n) is 9.68. The van der Waals surface area contributed by atoms with E-state index < -0.39 is 0 Å². The smallest absolute Gasteiger partial charge is 0.222 e. The standard InChI is InChI=1S/C11H15N5S/c1-7-3-5-17-9(7)10-14-11-13-4-2-8(6-12)16(11)15-10/h3,5,8H,2,4,6,12H2,1H3,(H,13,14,15). The minimum Gasteiger partial charge on any atom is -0.354 e. The molecule has 0 saturated carbocycles. The van der Waals surface area contributed by atoms with Gasteiger partial charge in [0, 0.05) is 13.1 Å². The summed E-state index contributed by atoms with van der Waals surface area (Å²) in [5.74, 6) is 1.65. The van der Waals surface area contributed by atoms with Gasteiger partial charge in [-0.15, -0.1) is 16.4 Å². The lowest BCUT2D eigenvalue weighted by molar-refractivity contribution is 0.427. The molecule has 0 aliphatic carbocycles. The molecular formula is C11H15N5S. The molecule has 17 heavy (non-hydrogen) atoms. The lowest BCUT2D eigenvalue weighted by Gasteiger charge is -2.22. The van der Waals surface area contributed by atoms with E-state index in [2.05, 4.69) is 33.8 Å². The highest BCUT2D eigenvalue weighted by Crippen LogP contribution is 2.30. The lowest BCUT2D eigenvalue weighted by Crippen LogP contribution is -2.29. The summed E-state index contributed by atoms with van der Waals surface area (Å²) in [4.78, 5) is 5.69. The van der Waals surface area contributed by atoms with Gasteiger partial charge in [0.25, 0.3) is 0 Å². The molecule has 1 aliphatic rings. The highest BCUT2D eigenvalue weighted by atomic mass is 32.1. The number of thiophene rings is 1. The molecule has 6 heteroatoms. The predicted octanol–water partition coefficient (Wildman–Crippen LogP) is 1.63. The molecule has 2 aromatic heterocycles. The summed E-state index contributed by atoms with van der Waals surface area (Å²) in [6.07, 6.45) is 1.01. The Hall–Kier alpha value is -1.40. The van der Waals surface area contributed by atoms with E-state index in [1.165, 1.54) is 5.56 Å². The number of rotatable bonds is 2. The highest BCUT2D eigenvalue weighted by molar-refractivity contribution is 7.13. The molecule has 1 unspecified atom stereocenters. The fourth-order valence-electron chi connectivity index (χ4n) is 2.09. The van der Waals surface area contributed by atoms with Crippen molar-refractivity contribution < 1.29 is 0 Å². The molecule has 3 N–H and O–H groups in total.